The molecular formula is C18H29N5O2. The molecule has 1 saturated heterocycles. The molecule has 1 amide bonds. The van der Waals surface area contributed by atoms with E-state index in [-0.39, 0.29) is 12.5 Å². The van der Waals surface area contributed by atoms with Crippen LogP contribution in [0.15, 0.2) is 27.8 Å². The van der Waals surface area contributed by atoms with Gasteiger partial charge in [-0.15, -0.1) is 0 Å². The highest BCUT2D eigenvalue weighted by atomic mass is 16.3. The number of nitrogens with one attached hydrogen (secondary N) is 3. The molecule has 1 aliphatic heterocycles. The van der Waals surface area contributed by atoms with Crippen LogP contribution in [0, 0.1) is 0 Å². The van der Waals surface area contributed by atoms with Crippen LogP contribution in [0.5, 0.6) is 0 Å². The third-order valence-electron chi connectivity index (χ3n) is 5.08. The predicted molar refractivity (Wildman–Crippen MR) is 97.3 cm³/mol. The molecule has 1 saturated carbocycles. The number of guanidine groups is 1. The van der Waals surface area contributed by atoms with Gasteiger partial charge in [0.2, 0.25) is 5.91 Å². The first-order valence-electron chi connectivity index (χ1n) is 9.25. The number of hydrogen-bond acceptors (Lipinski definition) is 4. The van der Waals surface area contributed by atoms with Gasteiger partial charge in [0.05, 0.1) is 19.4 Å². The Kier molecular flexibility index (Phi) is 6.33. The van der Waals surface area contributed by atoms with E-state index in [0.717, 1.165) is 31.3 Å². The van der Waals surface area contributed by atoms with Gasteiger partial charge in [0.1, 0.15) is 5.76 Å². The Bertz CT molecular complexity index is 566. The largest absolute Gasteiger partial charge is 0.467 e. The molecule has 138 valence electrons. The lowest BCUT2D eigenvalue weighted by Gasteiger charge is -2.24. The number of furan rings is 1. The highest BCUT2D eigenvalue weighted by molar-refractivity contribution is 5.86. The average Bonchev–Trinajstić information content (AvgIpc) is 3.38. The molecule has 1 aliphatic carbocycles. The summed E-state index contributed by atoms with van der Waals surface area (Å²) >= 11 is 0. The van der Waals surface area contributed by atoms with E-state index >= 15 is 0 Å². The van der Waals surface area contributed by atoms with Gasteiger partial charge in [0.25, 0.3) is 0 Å². The van der Waals surface area contributed by atoms with Crippen LogP contribution in [0.2, 0.25) is 0 Å². The number of carbonyl (C=O) groups is 1. The second kappa shape index (κ2) is 8.89. The van der Waals surface area contributed by atoms with E-state index in [1.165, 1.54) is 25.7 Å². The minimum absolute atomic E-state index is 0.0849. The fraction of sp³-hybridized carbons (Fsp3) is 0.667. The molecule has 0 radical (unpaired) electrons. The molecule has 0 aromatic carbocycles. The summed E-state index contributed by atoms with van der Waals surface area (Å²) in [4.78, 5) is 18.8. The Morgan fingerprint density at radius 1 is 1.32 bits per heavy atom. The van der Waals surface area contributed by atoms with Crippen molar-refractivity contribution in [2.75, 3.05) is 26.7 Å². The smallest absolute Gasteiger partial charge is 0.239 e. The van der Waals surface area contributed by atoms with Crippen molar-refractivity contribution >= 4 is 11.9 Å². The van der Waals surface area contributed by atoms with Gasteiger partial charge < -0.3 is 20.4 Å². The summed E-state index contributed by atoms with van der Waals surface area (Å²) in [5.41, 5.74) is 0. The molecular weight excluding hydrogens is 318 g/mol. The normalized spacial score (nSPS) is 22.3. The van der Waals surface area contributed by atoms with Crippen LogP contribution in [0.1, 0.15) is 37.9 Å². The van der Waals surface area contributed by atoms with Crippen LogP contribution in [-0.4, -0.2) is 55.5 Å². The summed E-state index contributed by atoms with van der Waals surface area (Å²) < 4.78 is 5.20. The van der Waals surface area contributed by atoms with Crippen LogP contribution >= 0.6 is 0 Å². The highest BCUT2D eigenvalue weighted by Gasteiger charge is 2.30. The maximum Gasteiger partial charge on any atom is 0.239 e. The summed E-state index contributed by atoms with van der Waals surface area (Å²) in [5.74, 6) is 1.35. The van der Waals surface area contributed by atoms with Crippen molar-refractivity contribution in [2.45, 2.75) is 50.7 Å². The summed E-state index contributed by atoms with van der Waals surface area (Å²) in [6, 6.07) is 4.82. The monoisotopic (exact) mass is 347 g/mol. The zero-order valence-electron chi connectivity index (χ0n) is 15.0. The van der Waals surface area contributed by atoms with Crippen molar-refractivity contribution in [3.8, 4) is 0 Å². The summed E-state index contributed by atoms with van der Waals surface area (Å²) in [6.45, 7) is 2.82. The molecule has 3 rings (SSSR count). The Hall–Kier alpha value is -2.02. The highest BCUT2D eigenvalue weighted by Crippen LogP contribution is 2.26. The first kappa shape index (κ1) is 17.8. The van der Waals surface area contributed by atoms with Crippen molar-refractivity contribution in [1.29, 1.82) is 0 Å². The van der Waals surface area contributed by atoms with Gasteiger partial charge >= 0.3 is 0 Å². The van der Waals surface area contributed by atoms with Crippen molar-refractivity contribution in [3.63, 3.8) is 0 Å². The molecule has 0 bridgehead atoms. The number of carbonyl (C=O) groups excluding carboxylic acids is 1. The topological polar surface area (TPSA) is 81.9 Å². The van der Waals surface area contributed by atoms with Gasteiger partial charge in [-0.2, -0.15) is 0 Å². The van der Waals surface area contributed by atoms with E-state index in [1.807, 2.05) is 12.1 Å². The quantitative estimate of drug-likeness (QED) is 0.530. The van der Waals surface area contributed by atoms with Crippen molar-refractivity contribution in [2.24, 2.45) is 4.99 Å². The minimum atomic E-state index is -0.0849. The molecule has 25 heavy (non-hydrogen) atoms. The Morgan fingerprint density at radius 3 is 2.88 bits per heavy atom. The van der Waals surface area contributed by atoms with Crippen molar-refractivity contribution < 1.29 is 9.21 Å². The van der Waals surface area contributed by atoms with Gasteiger partial charge in [-0.1, -0.05) is 12.8 Å². The fourth-order valence-corrected chi connectivity index (χ4v) is 3.72. The van der Waals surface area contributed by atoms with Crippen LogP contribution in [-0.2, 0) is 11.3 Å². The van der Waals surface area contributed by atoms with Crippen LogP contribution in [0.3, 0.4) is 0 Å². The molecule has 1 aromatic rings. The minimum Gasteiger partial charge on any atom is -0.467 e. The van der Waals surface area contributed by atoms with E-state index < -0.39 is 0 Å². The number of likely N-dealkylation sites (tertiary alicyclic amines) is 1. The zero-order chi connectivity index (χ0) is 17.5. The first-order valence-corrected chi connectivity index (χ1v) is 9.25. The number of amides is 1. The van der Waals surface area contributed by atoms with Crippen LogP contribution < -0.4 is 16.0 Å². The lowest BCUT2D eigenvalue weighted by molar-refractivity contribution is -0.120. The van der Waals surface area contributed by atoms with E-state index in [9.17, 15) is 4.79 Å². The van der Waals surface area contributed by atoms with E-state index in [2.05, 4.69) is 25.8 Å². The standard InChI is InChI=1S/C18H29N5O2/c1-19-18(21-12-17(24)20-11-16-7-4-10-25-16)22-14-8-9-23(13-14)15-5-2-3-6-15/h4,7,10,14-15H,2-3,5-6,8-9,11-13H2,1H3,(H,20,24)(H2,19,21,22). The SMILES string of the molecule is CN=C(NCC(=O)NCc1ccco1)NC1CCN(C2CCCC2)C1. The van der Waals surface area contributed by atoms with Gasteiger partial charge in [-0.25, -0.2) is 0 Å². The maximum atomic E-state index is 11.9. The lowest BCUT2D eigenvalue weighted by atomic mass is 10.2. The fourth-order valence-electron chi connectivity index (χ4n) is 3.72. The third-order valence-corrected chi connectivity index (χ3v) is 5.08. The Morgan fingerprint density at radius 2 is 2.16 bits per heavy atom. The van der Waals surface area contributed by atoms with Gasteiger partial charge in [0, 0.05) is 32.2 Å². The number of nitrogens with zero attached hydrogens (tertiary/aromatic N) is 2. The molecule has 2 fully saturated rings. The predicted octanol–water partition coefficient (Wildman–Crippen LogP) is 1.08. The van der Waals surface area contributed by atoms with Gasteiger partial charge in [-0.05, 0) is 31.4 Å². The van der Waals surface area contributed by atoms with Crippen LogP contribution in [0.4, 0.5) is 0 Å². The summed E-state index contributed by atoms with van der Waals surface area (Å²) in [7, 11) is 1.74. The summed E-state index contributed by atoms with van der Waals surface area (Å²) in [6.07, 6.45) is 8.15. The zero-order valence-corrected chi connectivity index (χ0v) is 15.0. The molecule has 1 unspecified atom stereocenters. The molecule has 0 spiro atoms. The first-order chi connectivity index (χ1) is 12.2. The number of aliphatic imine (C=N–C) groups is 1. The molecule has 2 aliphatic rings. The van der Waals surface area contributed by atoms with E-state index in [4.69, 9.17) is 4.42 Å². The van der Waals surface area contributed by atoms with Gasteiger partial charge in [-0.3, -0.25) is 14.7 Å². The van der Waals surface area contributed by atoms with Crippen molar-refractivity contribution in [1.82, 2.24) is 20.9 Å². The lowest BCUT2D eigenvalue weighted by Crippen LogP contribution is -2.47. The Balaban J connectivity index is 1.35. The maximum absolute atomic E-state index is 11.9. The molecule has 1 aromatic heterocycles. The second-order valence-electron chi connectivity index (χ2n) is 6.85. The number of hydrogen-bond donors (Lipinski definition) is 3. The van der Waals surface area contributed by atoms with E-state index in [1.54, 1.807) is 13.3 Å². The van der Waals surface area contributed by atoms with E-state index in [0.29, 0.717) is 18.5 Å². The van der Waals surface area contributed by atoms with Crippen molar-refractivity contribution in [3.05, 3.63) is 24.2 Å². The summed E-state index contributed by atoms with van der Waals surface area (Å²) in [5, 5.41) is 9.35. The molecule has 3 N–H and O–H groups in total. The van der Waals surface area contributed by atoms with Gasteiger partial charge in [0.15, 0.2) is 5.96 Å². The number of rotatable bonds is 6. The third kappa shape index (κ3) is 5.22. The Labute approximate surface area is 149 Å². The average molecular weight is 347 g/mol. The molecule has 7 heteroatoms. The molecule has 1 atom stereocenters. The van der Waals surface area contributed by atoms with Crippen LogP contribution in [0.25, 0.3) is 0 Å². The molecule has 7 nitrogen and oxygen atoms in total. The second-order valence-corrected chi connectivity index (χ2v) is 6.85. The molecule has 2 heterocycles.